The molecule has 0 atom stereocenters. The molecule has 4 heteroatoms. The van der Waals surface area contributed by atoms with Crippen LogP contribution in [0.3, 0.4) is 0 Å². The maximum Gasteiger partial charge on any atom is 0.127 e. The maximum absolute atomic E-state index is 4.41. The van der Waals surface area contributed by atoms with E-state index in [1.54, 1.807) is 6.20 Å². The van der Waals surface area contributed by atoms with Crippen LogP contribution in [0.1, 0.15) is 17.2 Å². The summed E-state index contributed by atoms with van der Waals surface area (Å²) in [5.74, 6) is 1.01. The van der Waals surface area contributed by atoms with Gasteiger partial charge in [0.25, 0.3) is 0 Å². The average Bonchev–Trinajstić information content (AvgIpc) is 2.63. The van der Waals surface area contributed by atoms with Gasteiger partial charge in [0, 0.05) is 25.1 Å². The van der Waals surface area contributed by atoms with Crippen LogP contribution in [0.4, 0.5) is 5.69 Å². The molecule has 0 spiro atoms. The van der Waals surface area contributed by atoms with Crippen molar-refractivity contribution in [1.82, 2.24) is 14.5 Å². The summed E-state index contributed by atoms with van der Waals surface area (Å²) in [5.41, 5.74) is 3.13. The van der Waals surface area contributed by atoms with Crippen LogP contribution in [0.15, 0.2) is 24.5 Å². The summed E-state index contributed by atoms with van der Waals surface area (Å²) >= 11 is 0. The van der Waals surface area contributed by atoms with Crippen LogP contribution >= 0.6 is 0 Å². The lowest BCUT2D eigenvalue weighted by Crippen LogP contribution is -2.07. The summed E-state index contributed by atoms with van der Waals surface area (Å²) in [7, 11) is 1.99. The molecule has 0 aliphatic carbocycles. The number of imidazole rings is 1. The summed E-state index contributed by atoms with van der Waals surface area (Å²) in [4.78, 5) is 8.66. The third-order valence-corrected chi connectivity index (χ3v) is 2.58. The Morgan fingerprint density at radius 3 is 2.75 bits per heavy atom. The van der Waals surface area contributed by atoms with Crippen LogP contribution in [0.2, 0.25) is 0 Å². The van der Waals surface area contributed by atoms with Crippen molar-refractivity contribution in [3.05, 3.63) is 41.7 Å². The van der Waals surface area contributed by atoms with E-state index < -0.39 is 0 Å². The molecule has 84 valence electrons. The highest BCUT2D eigenvalue weighted by atomic mass is 15.1. The van der Waals surface area contributed by atoms with Crippen molar-refractivity contribution in [2.45, 2.75) is 20.4 Å². The highest BCUT2D eigenvalue weighted by Gasteiger charge is 2.02. The van der Waals surface area contributed by atoms with Gasteiger partial charge in [0.05, 0.1) is 17.9 Å². The molecule has 2 rings (SSSR count). The Morgan fingerprint density at radius 2 is 2.12 bits per heavy atom. The van der Waals surface area contributed by atoms with E-state index in [0.717, 1.165) is 29.4 Å². The minimum absolute atomic E-state index is 0.717. The minimum atomic E-state index is 0.717. The molecular weight excluding hydrogens is 200 g/mol. The van der Waals surface area contributed by atoms with Gasteiger partial charge in [-0.2, -0.15) is 0 Å². The van der Waals surface area contributed by atoms with Gasteiger partial charge < -0.3 is 9.88 Å². The Bertz CT molecular complexity index is 488. The standard InChI is InChI=1S/C12H16N4/c1-9-4-5-11(10(2)15-9)14-8-12-13-6-7-16(12)3/h4-7,14H,8H2,1-3H3. The molecule has 0 unspecified atom stereocenters. The minimum Gasteiger partial charge on any atom is -0.376 e. The van der Waals surface area contributed by atoms with E-state index in [2.05, 4.69) is 21.4 Å². The quantitative estimate of drug-likeness (QED) is 0.853. The second kappa shape index (κ2) is 4.35. The molecule has 1 N–H and O–H groups in total. The zero-order valence-electron chi connectivity index (χ0n) is 9.86. The van der Waals surface area contributed by atoms with Gasteiger partial charge in [0.1, 0.15) is 5.82 Å². The first-order chi connectivity index (χ1) is 7.66. The van der Waals surface area contributed by atoms with E-state index in [4.69, 9.17) is 0 Å². The van der Waals surface area contributed by atoms with E-state index in [9.17, 15) is 0 Å². The van der Waals surface area contributed by atoms with Crippen LogP contribution in [0.25, 0.3) is 0 Å². The van der Waals surface area contributed by atoms with Gasteiger partial charge in [-0.3, -0.25) is 4.98 Å². The number of pyridine rings is 1. The van der Waals surface area contributed by atoms with Crippen LogP contribution in [0, 0.1) is 13.8 Å². The molecule has 4 nitrogen and oxygen atoms in total. The molecular formula is C12H16N4. The van der Waals surface area contributed by atoms with Crippen LogP contribution < -0.4 is 5.32 Å². The molecule has 2 aromatic rings. The van der Waals surface area contributed by atoms with Crippen molar-refractivity contribution in [3.63, 3.8) is 0 Å². The van der Waals surface area contributed by atoms with Gasteiger partial charge in [0.15, 0.2) is 0 Å². The number of rotatable bonds is 3. The van der Waals surface area contributed by atoms with Gasteiger partial charge in [0.2, 0.25) is 0 Å². The number of nitrogens with one attached hydrogen (secondary N) is 1. The maximum atomic E-state index is 4.41. The first-order valence-electron chi connectivity index (χ1n) is 5.31. The first-order valence-corrected chi connectivity index (χ1v) is 5.31. The molecule has 0 aromatic carbocycles. The molecule has 2 heterocycles. The SMILES string of the molecule is Cc1ccc(NCc2nccn2C)c(C)n1. The van der Waals surface area contributed by atoms with E-state index in [0.29, 0.717) is 0 Å². The monoisotopic (exact) mass is 216 g/mol. The largest absolute Gasteiger partial charge is 0.376 e. The summed E-state index contributed by atoms with van der Waals surface area (Å²) in [5, 5.41) is 3.34. The number of aromatic nitrogens is 3. The number of hydrogen-bond donors (Lipinski definition) is 1. The molecule has 0 fully saturated rings. The van der Waals surface area contributed by atoms with Gasteiger partial charge in [-0.15, -0.1) is 0 Å². The molecule has 0 amide bonds. The van der Waals surface area contributed by atoms with Crippen molar-refractivity contribution >= 4 is 5.69 Å². The lowest BCUT2D eigenvalue weighted by molar-refractivity contribution is 0.812. The zero-order chi connectivity index (χ0) is 11.5. The fourth-order valence-corrected chi connectivity index (χ4v) is 1.61. The smallest absolute Gasteiger partial charge is 0.127 e. The molecule has 0 radical (unpaired) electrons. The third kappa shape index (κ3) is 2.21. The van der Waals surface area contributed by atoms with Gasteiger partial charge in [-0.1, -0.05) is 0 Å². The topological polar surface area (TPSA) is 42.7 Å². The second-order valence-corrected chi connectivity index (χ2v) is 3.89. The predicted octanol–water partition coefficient (Wildman–Crippen LogP) is 2.04. The zero-order valence-corrected chi connectivity index (χ0v) is 9.86. The molecule has 0 saturated heterocycles. The average molecular weight is 216 g/mol. The van der Waals surface area contributed by atoms with Crippen molar-refractivity contribution in [2.75, 3.05) is 5.32 Å². The highest BCUT2D eigenvalue weighted by molar-refractivity contribution is 5.47. The second-order valence-electron chi connectivity index (χ2n) is 3.89. The lowest BCUT2D eigenvalue weighted by atomic mass is 10.3. The molecule has 0 aliphatic rings. The Hall–Kier alpha value is -1.84. The van der Waals surface area contributed by atoms with Crippen LogP contribution in [-0.4, -0.2) is 14.5 Å². The summed E-state index contributed by atoms with van der Waals surface area (Å²) in [6.07, 6.45) is 3.74. The van der Waals surface area contributed by atoms with E-state index >= 15 is 0 Å². The Kier molecular flexibility index (Phi) is 2.90. The van der Waals surface area contributed by atoms with Crippen molar-refractivity contribution in [3.8, 4) is 0 Å². The van der Waals surface area contributed by atoms with Gasteiger partial charge in [-0.05, 0) is 26.0 Å². The third-order valence-electron chi connectivity index (χ3n) is 2.58. The number of anilines is 1. The number of nitrogens with zero attached hydrogens (tertiary/aromatic N) is 3. The fraction of sp³-hybridized carbons (Fsp3) is 0.333. The molecule has 2 aromatic heterocycles. The van der Waals surface area contributed by atoms with E-state index in [1.807, 2.05) is 37.7 Å². The van der Waals surface area contributed by atoms with Crippen LogP contribution in [0.5, 0.6) is 0 Å². The highest BCUT2D eigenvalue weighted by Crippen LogP contribution is 2.13. The van der Waals surface area contributed by atoms with Crippen LogP contribution in [-0.2, 0) is 13.6 Å². The Labute approximate surface area is 95.4 Å². The molecule has 0 saturated carbocycles. The first kappa shape index (κ1) is 10.7. The number of aryl methyl sites for hydroxylation is 3. The normalized spacial score (nSPS) is 10.4. The van der Waals surface area contributed by atoms with E-state index in [-0.39, 0.29) is 0 Å². The van der Waals surface area contributed by atoms with Crippen molar-refractivity contribution in [2.24, 2.45) is 7.05 Å². The van der Waals surface area contributed by atoms with E-state index in [1.165, 1.54) is 0 Å². The van der Waals surface area contributed by atoms with Crippen molar-refractivity contribution < 1.29 is 0 Å². The molecule has 16 heavy (non-hydrogen) atoms. The Morgan fingerprint density at radius 1 is 1.31 bits per heavy atom. The summed E-state index contributed by atoms with van der Waals surface area (Å²) in [6, 6.07) is 4.06. The summed E-state index contributed by atoms with van der Waals surface area (Å²) < 4.78 is 2.00. The van der Waals surface area contributed by atoms with Gasteiger partial charge in [-0.25, -0.2) is 4.98 Å². The molecule has 0 aliphatic heterocycles. The lowest BCUT2D eigenvalue weighted by Gasteiger charge is -2.09. The van der Waals surface area contributed by atoms with Gasteiger partial charge >= 0.3 is 0 Å². The van der Waals surface area contributed by atoms with Crippen molar-refractivity contribution in [1.29, 1.82) is 0 Å². The summed E-state index contributed by atoms with van der Waals surface area (Å²) in [6.45, 7) is 4.72. The predicted molar refractivity (Wildman–Crippen MR) is 64.2 cm³/mol. The molecule has 0 bridgehead atoms. The fourth-order valence-electron chi connectivity index (χ4n) is 1.61. The number of hydrogen-bond acceptors (Lipinski definition) is 3. The Balaban J connectivity index is 2.08.